The van der Waals surface area contributed by atoms with Gasteiger partial charge in [-0.25, -0.2) is 0 Å². The fourth-order valence-corrected chi connectivity index (χ4v) is 9.85. The van der Waals surface area contributed by atoms with Gasteiger partial charge in [0.1, 0.15) is 11.2 Å². The number of thiophene rings is 1. The van der Waals surface area contributed by atoms with Gasteiger partial charge in [0.15, 0.2) is 0 Å². The Bertz CT molecular complexity index is 3020. The number of fused-ring (bicyclic) bond motifs is 7. The first-order chi connectivity index (χ1) is 28.5. The highest BCUT2D eigenvalue weighted by Crippen LogP contribution is 2.46. The van der Waals surface area contributed by atoms with Crippen LogP contribution in [0.5, 0.6) is 0 Å². The summed E-state index contributed by atoms with van der Waals surface area (Å²) in [7, 11) is 0. The predicted octanol–water partition coefficient (Wildman–Crippen LogP) is 17.0. The Labute approximate surface area is 351 Å². The second-order valence-corrected chi connectivity index (χ2v) is 18.8. The van der Waals surface area contributed by atoms with Crippen LogP contribution in [0.15, 0.2) is 180 Å². The maximum absolute atomic E-state index is 6.27. The van der Waals surface area contributed by atoms with E-state index in [0.29, 0.717) is 0 Å². The van der Waals surface area contributed by atoms with Crippen molar-refractivity contribution < 1.29 is 4.42 Å². The number of benzene rings is 8. The van der Waals surface area contributed by atoms with E-state index in [1.165, 1.54) is 75.5 Å². The molecule has 0 aliphatic rings. The number of rotatable bonds is 6. The molecule has 10 rings (SSSR count). The molecule has 0 spiro atoms. The second kappa shape index (κ2) is 14.1. The number of furan rings is 1. The summed E-state index contributed by atoms with van der Waals surface area (Å²) in [5, 5.41) is 4.93. The second-order valence-electron chi connectivity index (χ2n) is 17.8. The van der Waals surface area contributed by atoms with Crippen LogP contribution in [0.3, 0.4) is 0 Å². The van der Waals surface area contributed by atoms with Crippen molar-refractivity contribution in [3.8, 4) is 33.4 Å². The zero-order valence-corrected chi connectivity index (χ0v) is 35.3. The first kappa shape index (κ1) is 36.9. The molecule has 0 unspecified atom stereocenters. The lowest BCUT2D eigenvalue weighted by molar-refractivity contribution is 0.590. The lowest BCUT2D eigenvalue weighted by atomic mass is 9.86. The van der Waals surface area contributed by atoms with Gasteiger partial charge in [0, 0.05) is 48.0 Å². The average Bonchev–Trinajstić information content (AvgIpc) is 3.83. The number of hydrogen-bond acceptors (Lipinski definition) is 3. The normalized spacial score (nSPS) is 12.2. The highest BCUT2D eigenvalue weighted by Gasteiger charge is 2.19. The molecule has 0 amide bonds. The quantitative estimate of drug-likeness (QED) is 0.167. The largest absolute Gasteiger partial charge is 0.456 e. The van der Waals surface area contributed by atoms with E-state index < -0.39 is 0 Å². The minimum Gasteiger partial charge on any atom is -0.456 e. The molecule has 288 valence electrons. The summed E-state index contributed by atoms with van der Waals surface area (Å²) in [4.78, 5) is 2.36. The zero-order valence-electron chi connectivity index (χ0n) is 34.5. The van der Waals surface area contributed by atoms with Crippen LogP contribution in [0, 0.1) is 0 Å². The Morgan fingerprint density at radius 1 is 0.373 bits per heavy atom. The molecule has 3 heteroatoms. The van der Waals surface area contributed by atoms with Crippen molar-refractivity contribution in [2.75, 3.05) is 4.90 Å². The van der Waals surface area contributed by atoms with Crippen molar-refractivity contribution in [3.05, 3.63) is 187 Å². The van der Waals surface area contributed by atoms with Crippen LogP contribution in [0.25, 0.3) is 75.5 Å². The van der Waals surface area contributed by atoms with Gasteiger partial charge in [-0.2, -0.15) is 0 Å². The van der Waals surface area contributed by atoms with Crippen LogP contribution in [0.4, 0.5) is 17.1 Å². The van der Waals surface area contributed by atoms with Crippen molar-refractivity contribution in [2.45, 2.75) is 52.4 Å². The highest BCUT2D eigenvalue weighted by atomic mass is 32.1. The fourth-order valence-electron chi connectivity index (χ4n) is 8.46. The SMILES string of the molecule is CC(C)(C)c1ccc(-c2ccc(N(c3ccc(-c4ccc(C(C)(C)C)cc4)cc3)c3ccc(-c4cccc5c4sc4c5ccc5oc6ccccc6c54)cc3)cc2)cc1. The summed E-state index contributed by atoms with van der Waals surface area (Å²) in [6, 6.07) is 64.5. The van der Waals surface area contributed by atoms with Gasteiger partial charge in [0.25, 0.3) is 0 Å². The standard InChI is InChI=1S/C56H47NOS/c1-55(2,3)41-24-14-36(15-25-41)38-18-28-43(29-19-38)57(44-30-20-39(21-31-44)37-16-26-42(27-17-37)56(4,5)6)45-32-22-40(23-33-45)46-11-9-12-47-48-34-35-51-52(54(48)59-53(46)47)49-10-7-8-13-50(49)58-51/h7-35H,1-6H3. The molecule has 0 fully saturated rings. The number of anilines is 3. The maximum atomic E-state index is 6.27. The van der Waals surface area contributed by atoms with Gasteiger partial charge >= 0.3 is 0 Å². The smallest absolute Gasteiger partial charge is 0.136 e. The van der Waals surface area contributed by atoms with Crippen molar-refractivity contribution >= 4 is 70.5 Å². The predicted molar refractivity (Wildman–Crippen MR) is 255 cm³/mol. The fraction of sp³-hybridized carbons (Fsp3) is 0.143. The van der Waals surface area contributed by atoms with E-state index in [1.54, 1.807) is 0 Å². The van der Waals surface area contributed by atoms with Crippen molar-refractivity contribution in [3.63, 3.8) is 0 Å². The summed E-state index contributed by atoms with van der Waals surface area (Å²) in [6.07, 6.45) is 0. The van der Waals surface area contributed by atoms with Crippen LogP contribution < -0.4 is 4.90 Å². The van der Waals surface area contributed by atoms with Crippen LogP contribution in [-0.4, -0.2) is 0 Å². The Morgan fingerprint density at radius 2 is 0.814 bits per heavy atom. The van der Waals surface area contributed by atoms with Gasteiger partial charge in [0.2, 0.25) is 0 Å². The van der Waals surface area contributed by atoms with Crippen LogP contribution in [0.2, 0.25) is 0 Å². The summed E-state index contributed by atoms with van der Waals surface area (Å²) in [5.41, 5.74) is 15.4. The summed E-state index contributed by atoms with van der Waals surface area (Å²) >= 11 is 1.87. The van der Waals surface area contributed by atoms with Crippen LogP contribution in [-0.2, 0) is 10.8 Å². The third kappa shape index (κ3) is 6.70. The van der Waals surface area contributed by atoms with Crippen molar-refractivity contribution in [2.24, 2.45) is 0 Å². The summed E-state index contributed by atoms with van der Waals surface area (Å²) in [5.74, 6) is 0. The molecule has 10 aromatic rings. The van der Waals surface area contributed by atoms with E-state index >= 15 is 0 Å². The molecule has 0 bridgehead atoms. The van der Waals surface area contributed by atoms with Gasteiger partial charge in [0.05, 0.1) is 0 Å². The first-order valence-electron chi connectivity index (χ1n) is 20.6. The number of nitrogens with zero attached hydrogens (tertiary/aromatic N) is 1. The Kier molecular flexibility index (Phi) is 8.85. The maximum Gasteiger partial charge on any atom is 0.136 e. The Hall–Kier alpha value is -6.42. The minimum atomic E-state index is 0.122. The topological polar surface area (TPSA) is 16.4 Å². The van der Waals surface area contributed by atoms with Gasteiger partial charge in [-0.15, -0.1) is 11.3 Å². The monoisotopic (exact) mass is 781 g/mol. The van der Waals surface area contributed by atoms with E-state index in [1.807, 2.05) is 17.4 Å². The molecule has 0 atom stereocenters. The van der Waals surface area contributed by atoms with Crippen molar-refractivity contribution in [1.29, 1.82) is 0 Å². The number of para-hydroxylation sites is 1. The molecule has 59 heavy (non-hydrogen) atoms. The van der Waals surface area contributed by atoms with E-state index in [2.05, 4.69) is 216 Å². The van der Waals surface area contributed by atoms with Crippen LogP contribution in [0.1, 0.15) is 52.7 Å². The summed E-state index contributed by atoms with van der Waals surface area (Å²) < 4.78 is 8.84. The van der Waals surface area contributed by atoms with E-state index in [4.69, 9.17) is 4.42 Å². The number of hydrogen-bond donors (Lipinski definition) is 0. The van der Waals surface area contributed by atoms with Crippen molar-refractivity contribution in [1.82, 2.24) is 0 Å². The zero-order chi connectivity index (χ0) is 40.5. The minimum absolute atomic E-state index is 0.122. The van der Waals surface area contributed by atoms with E-state index in [-0.39, 0.29) is 10.8 Å². The Morgan fingerprint density at radius 3 is 1.32 bits per heavy atom. The molecule has 2 heterocycles. The van der Waals surface area contributed by atoms with Gasteiger partial charge in [-0.3, -0.25) is 0 Å². The van der Waals surface area contributed by atoms with Crippen LogP contribution >= 0.6 is 11.3 Å². The van der Waals surface area contributed by atoms with Gasteiger partial charge < -0.3 is 9.32 Å². The molecule has 0 N–H and O–H groups in total. The Balaban J connectivity index is 1.03. The molecule has 0 saturated heterocycles. The lowest BCUT2D eigenvalue weighted by Gasteiger charge is -2.26. The third-order valence-electron chi connectivity index (χ3n) is 11.9. The lowest BCUT2D eigenvalue weighted by Crippen LogP contribution is -2.10. The third-order valence-corrected chi connectivity index (χ3v) is 13.1. The molecule has 8 aromatic carbocycles. The molecule has 0 saturated carbocycles. The van der Waals surface area contributed by atoms with Gasteiger partial charge in [-0.1, -0.05) is 163 Å². The molecule has 0 radical (unpaired) electrons. The average molecular weight is 782 g/mol. The summed E-state index contributed by atoms with van der Waals surface area (Å²) in [6.45, 7) is 13.6. The first-order valence-corrected chi connectivity index (χ1v) is 21.4. The van der Waals surface area contributed by atoms with E-state index in [9.17, 15) is 0 Å². The van der Waals surface area contributed by atoms with E-state index in [0.717, 1.165) is 28.2 Å². The molecule has 2 aromatic heterocycles. The molecular weight excluding hydrogens is 735 g/mol. The molecular formula is C56H47NOS. The van der Waals surface area contributed by atoms with Gasteiger partial charge in [-0.05, 0) is 110 Å². The molecule has 0 aliphatic heterocycles. The molecule has 0 aliphatic carbocycles. The molecule has 2 nitrogen and oxygen atoms in total. The highest BCUT2D eigenvalue weighted by molar-refractivity contribution is 7.27.